The number of esters is 1. The van der Waals surface area contributed by atoms with Gasteiger partial charge in [0.15, 0.2) is 0 Å². The Bertz CT molecular complexity index is 395. The number of fused-ring (bicyclic) bond motifs is 2. The van der Waals surface area contributed by atoms with E-state index in [-0.39, 0.29) is 30.4 Å². The number of carbonyl (C=O) groups is 2. The van der Waals surface area contributed by atoms with Crippen LogP contribution in [0.25, 0.3) is 0 Å². The van der Waals surface area contributed by atoms with Crippen LogP contribution >= 0.6 is 0 Å². The first-order chi connectivity index (χ1) is 9.93. The van der Waals surface area contributed by atoms with Crippen molar-refractivity contribution in [3.8, 4) is 0 Å². The van der Waals surface area contributed by atoms with Gasteiger partial charge >= 0.3 is 5.97 Å². The predicted molar refractivity (Wildman–Crippen MR) is 80.3 cm³/mol. The molecular weight excluding hydrogens is 268 g/mol. The van der Waals surface area contributed by atoms with E-state index >= 15 is 0 Å². The van der Waals surface area contributed by atoms with E-state index in [1.807, 2.05) is 13.8 Å². The highest BCUT2D eigenvalue weighted by atomic mass is 16.5. The van der Waals surface area contributed by atoms with Crippen molar-refractivity contribution in [3.63, 3.8) is 0 Å². The minimum Gasteiger partial charge on any atom is -0.465 e. The lowest BCUT2D eigenvalue weighted by atomic mass is 9.84. The van der Waals surface area contributed by atoms with E-state index in [1.165, 1.54) is 0 Å². The second-order valence-electron chi connectivity index (χ2n) is 6.85. The second-order valence-corrected chi connectivity index (χ2v) is 6.85. The van der Waals surface area contributed by atoms with Crippen molar-refractivity contribution in [3.05, 3.63) is 0 Å². The van der Waals surface area contributed by atoms with Gasteiger partial charge in [-0.15, -0.1) is 0 Å². The fourth-order valence-corrected chi connectivity index (χ4v) is 3.95. The fraction of sp³-hybridized carbons (Fsp3) is 0.875. The molecular formula is C16H28N2O3. The SMILES string of the molecule is CCOC(=O)CN(CC(C)C)C(=O)C1C2CCC(C2)C1N. The lowest BCUT2D eigenvalue weighted by molar-refractivity contribution is -0.151. The van der Waals surface area contributed by atoms with Crippen LogP contribution in [0.4, 0.5) is 0 Å². The standard InChI is InChI=1S/C16H28N2O3/c1-4-21-13(19)9-18(8-10(2)3)16(20)14-11-5-6-12(7-11)15(14)17/h10-12,14-15H,4-9,17H2,1-3H3. The molecule has 0 radical (unpaired) electrons. The van der Waals surface area contributed by atoms with Gasteiger partial charge in [-0.3, -0.25) is 9.59 Å². The van der Waals surface area contributed by atoms with Crippen LogP contribution in [0.5, 0.6) is 0 Å². The molecule has 4 atom stereocenters. The number of hydrogen-bond acceptors (Lipinski definition) is 4. The normalized spacial score (nSPS) is 30.7. The Balaban J connectivity index is 2.05. The summed E-state index contributed by atoms with van der Waals surface area (Å²) >= 11 is 0. The van der Waals surface area contributed by atoms with E-state index in [2.05, 4.69) is 0 Å². The van der Waals surface area contributed by atoms with Gasteiger partial charge in [-0.1, -0.05) is 13.8 Å². The van der Waals surface area contributed by atoms with E-state index in [0.29, 0.717) is 30.9 Å². The number of rotatable bonds is 6. The average Bonchev–Trinajstić information content (AvgIpc) is 2.97. The van der Waals surface area contributed by atoms with E-state index < -0.39 is 0 Å². The molecule has 21 heavy (non-hydrogen) atoms. The Morgan fingerprint density at radius 3 is 2.48 bits per heavy atom. The van der Waals surface area contributed by atoms with Crippen molar-refractivity contribution < 1.29 is 14.3 Å². The molecule has 2 aliphatic carbocycles. The van der Waals surface area contributed by atoms with Gasteiger partial charge in [0.05, 0.1) is 12.5 Å². The topological polar surface area (TPSA) is 72.6 Å². The molecule has 2 aliphatic rings. The van der Waals surface area contributed by atoms with Gasteiger partial charge in [0.25, 0.3) is 0 Å². The quantitative estimate of drug-likeness (QED) is 0.752. The van der Waals surface area contributed by atoms with E-state index in [0.717, 1.165) is 19.3 Å². The number of carbonyl (C=O) groups excluding carboxylic acids is 2. The number of hydrogen-bond donors (Lipinski definition) is 1. The van der Waals surface area contributed by atoms with Crippen LogP contribution in [-0.4, -0.2) is 42.5 Å². The summed E-state index contributed by atoms with van der Waals surface area (Å²) in [6.07, 6.45) is 3.33. The highest BCUT2D eigenvalue weighted by Crippen LogP contribution is 2.48. The summed E-state index contributed by atoms with van der Waals surface area (Å²) in [4.78, 5) is 26.3. The molecule has 5 nitrogen and oxygen atoms in total. The van der Waals surface area contributed by atoms with Crippen molar-refractivity contribution >= 4 is 11.9 Å². The summed E-state index contributed by atoms with van der Waals surface area (Å²) in [5, 5.41) is 0. The molecule has 0 aromatic carbocycles. The molecule has 0 aromatic heterocycles. The van der Waals surface area contributed by atoms with E-state index in [1.54, 1.807) is 11.8 Å². The second kappa shape index (κ2) is 6.77. The minimum absolute atomic E-state index is 0.0342. The summed E-state index contributed by atoms with van der Waals surface area (Å²) in [6, 6.07) is -0.0342. The minimum atomic E-state index is -0.330. The fourth-order valence-electron chi connectivity index (χ4n) is 3.95. The van der Waals surface area contributed by atoms with Crippen molar-refractivity contribution in [1.29, 1.82) is 0 Å². The third-order valence-corrected chi connectivity index (χ3v) is 4.79. The summed E-state index contributed by atoms with van der Waals surface area (Å²) in [5.41, 5.74) is 6.26. The molecule has 2 saturated carbocycles. The summed E-state index contributed by atoms with van der Waals surface area (Å²) in [7, 11) is 0. The first-order valence-electron chi connectivity index (χ1n) is 8.14. The molecule has 2 N–H and O–H groups in total. The largest absolute Gasteiger partial charge is 0.465 e. The molecule has 0 heterocycles. The number of nitrogens with two attached hydrogens (primary N) is 1. The zero-order valence-electron chi connectivity index (χ0n) is 13.4. The van der Waals surface area contributed by atoms with Crippen LogP contribution in [0.3, 0.4) is 0 Å². The Morgan fingerprint density at radius 2 is 1.95 bits per heavy atom. The Morgan fingerprint density at radius 1 is 1.29 bits per heavy atom. The van der Waals surface area contributed by atoms with Crippen LogP contribution in [0, 0.1) is 23.7 Å². The molecule has 120 valence electrons. The summed E-state index contributed by atoms with van der Waals surface area (Å²) in [6.45, 7) is 6.84. The molecule has 2 fully saturated rings. The van der Waals surface area contributed by atoms with Gasteiger partial charge in [-0.2, -0.15) is 0 Å². The van der Waals surface area contributed by atoms with Crippen LogP contribution in [0.2, 0.25) is 0 Å². The lowest BCUT2D eigenvalue weighted by Crippen LogP contribution is -2.49. The Labute approximate surface area is 127 Å². The molecule has 0 spiro atoms. The monoisotopic (exact) mass is 296 g/mol. The van der Waals surface area contributed by atoms with Crippen molar-refractivity contribution in [2.75, 3.05) is 19.7 Å². The van der Waals surface area contributed by atoms with Crippen molar-refractivity contribution in [1.82, 2.24) is 4.90 Å². The Kier molecular flexibility index (Phi) is 5.25. The van der Waals surface area contributed by atoms with Gasteiger partial charge < -0.3 is 15.4 Å². The molecule has 2 bridgehead atoms. The summed E-state index contributed by atoms with van der Waals surface area (Å²) in [5.74, 6) is 0.844. The number of amides is 1. The van der Waals surface area contributed by atoms with Crippen LogP contribution in [-0.2, 0) is 14.3 Å². The molecule has 1 amide bonds. The molecule has 0 aliphatic heterocycles. The maximum Gasteiger partial charge on any atom is 0.325 e. The first-order valence-corrected chi connectivity index (χ1v) is 8.14. The lowest BCUT2D eigenvalue weighted by Gasteiger charge is -2.33. The van der Waals surface area contributed by atoms with Gasteiger partial charge in [-0.25, -0.2) is 0 Å². The maximum atomic E-state index is 12.9. The van der Waals surface area contributed by atoms with Crippen molar-refractivity contribution in [2.45, 2.75) is 46.1 Å². The Hall–Kier alpha value is -1.10. The average molecular weight is 296 g/mol. The molecule has 0 saturated heterocycles. The van der Waals surface area contributed by atoms with Gasteiger partial charge in [-0.05, 0) is 43.9 Å². The van der Waals surface area contributed by atoms with Gasteiger partial charge in [0, 0.05) is 12.6 Å². The highest BCUT2D eigenvalue weighted by molar-refractivity contribution is 5.84. The van der Waals surface area contributed by atoms with Crippen LogP contribution in [0.1, 0.15) is 40.0 Å². The van der Waals surface area contributed by atoms with Gasteiger partial charge in [0.1, 0.15) is 6.54 Å². The maximum absolute atomic E-state index is 12.9. The molecule has 5 heteroatoms. The smallest absolute Gasteiger partial charge is 0.325 e. The molecule has 4 unspecified atom stereocenters. The highest BCUT2D eigenvalue weighted by Gasteiger charge is 2.50. The zero-order chi connectivity index (χ0) is 15.6. The zero-order valence-corrected chi connectivity index (χ0v) is 13.4. The molecule has 2 rings (SSSR count). The summed E-state index contributed by atoms with van der Waals surface area (Å²) < 4.78 is 4.99. The van der Waals surface area contributed by atoms with Crippen LogP contribution < -0.4 is 5.73 Å². The molecule has 0 aromatic rings. The van der Waals surface area contributed by atoms with E-state index in [9.17, 15) is 9.59 Å². The van der Waals surface area contributed by atoms with Crippen molar-refractivity contribution in [2.24, 2.45) is 29.4 Å². The number of ether oxygens (including phenoxy) is 1. The van der Waals surface area contributed by atoms with Gasteiger partial charge in [0.2, 0.25) is 5.91 Å². The third-order valence-electron chi connectivity index (χ3n) is 4.79. The first kappa shape index (κ1) is 16.3. The third kappa shape index (κ3) is 3.57. The van der Waals surface area contributed by atoms with E-state index in [4.69, 9.17) is 10.5 Å². The predicted octanol–water partition coefficient (Wildman–Crippen LogP) is 1.41. The number of nitrogens with zero attached hydrogens (tertiary/aromatic N) is 1. The van der Waals surface area contributed by atoms with Crippen LogP contribution in [0.15, 0.2) is 0 Å².